The Balaban J connectivity index is 1.79. The van der Waals surface area contributed by atoms with Crippen LogP contribution in [0.2, 0.25) is 0 Å². The Kier molecular flexibility index (Phi) is 7.05. The number of hydrogen-bond acceptors (Lipinski definition) is 6. The van der Waals surface area contributed by atoms with E-state index >= 15 is 0 Å². The van der Waals surface area contributed by atoms with Crippen molar-refractivity contribution in [3.8, 4) is 0 Å². The molecule has 1 aromatic rings. The summed E-state index contributed by atoms with van der Waals surface area (Å²) in [6, 6.07) is 1.65. The molecule has 0 saturated carbocycles. The van der Waals surface area contributed by atoms with Crippen molar-refractivity contribution in [2.75, 3.05) is 51.3 Å². The van der Waals surface area contributed by atoms with Gasteiger partial charge in [-0.3, -0.25) is 4.79 Å². The van der Waals surface area contributed by atoms with Crippen LogP contribution >= 0.6 is 0 Å². The average Bonchev–Trinajstić information content (AvgIpc) is 2.59. The smallest absolute Gasteiger partial charge is 0.270 e. The molecule has 2 rings (SSSR count). The molecule has 0 radical (unpaired) electrons. The molecule has 7 nitrogen and oxygen atoms in total. The fraction of sp³-hybridized carbons (Fsp3) is 0.667. The third-order valence-electron chi connectivity index (χ3n) is 3.58. The highest BCUT2D eigenvalue weighted by molar-refractivity contribution is 5.92. The Morgan fingerprint density at radius 3 is 2.86 bits per heavy atom. The standard InChI is InChI=1S/C15H25N5O2/c1-22-12-9-16-7-8-17-14(21)13-5-6-18-15(19-13)20-10-3-2-4-11-20/h5-6,16H,2-4,7-12H2,1H3,(H,17,21). The summed E-state index contributed by atoms with van der Waals surface area (Å²) < 4.78 is 4.94. The number of hydrogen-bond donors (Lipinski definition) is 2. The second kappa shape index (κ2) is 9.32. The third-order valence-corrected chi connectivity index (χ3v) is 3.58. The normalized spacial score (nSPS) is 14.9. The number of aromatic nitrogens is 2. The van der Waals surface area contributed by atoms with Crippen molar-refractivity contribution in [3.05, 3.63) is 18.0 Å². The van der Waals surface area contributed by atoms with E-state index in [0.29, 0.717) is 31.3 Å². The van der Waals surface area contributed by atoms with E-state index in [9.17, 15) is 4.79 Å². The zero-order chi connectivity index (χ0) is 15.6. The Labute approximate surface area is 131 Å². The molecular formula is C15H25N5O2. The van der Waals surface area contributed by atoms with Gasteiger partial charge in [0.1, 0.15) is 5.69 Å². The SMILES string of the molecule is COCCNCCNC(=O)c1ccnc(N2CCCCC2)n1. The van der Waals surface area contributed by atoms with E-state index in [1.54, 1.807) is 19.4 Å². The number of carbonyl (C=O) groups excluding carboxylic acids is 1. The van der Waals surface area contributed by atoms with Crippen LogP contribution in [0.3, 0.4) is 0 Å². The van der Waals surface area contributed by atoms with Crippen molar-refractivity contribution in [2.24, 2.45) is 0 Å². The minimum atomic E-state index is -0.158. The molecule has 0 atom stereocenters. The summed E-state index contributed by atoms with van der Waals surface area (Å²) >= 11 is 0. The second-order valence-electron chi connectivity index (χ2n) is 5.29. The summed E-state index contributed by atoms with van der Waals surface area (Å²) in [6.45, 7) is 4.64. The van der Waals surface area contributed by atoms with Gasteiger partial charge in [-0.05, 0) is 25.3 Å². The summed E-state index contributed by atoms with van der Waals surface area (Å²) in [5.41, 5.74) is 0.424. The van der Waals surface area contributed by atoms with Crippen LogP contribution < -0.4 is 15.5 Å². The van der Waals surface area contributed by atoms with E-state index in [1.165, 1.54) is 6.42 Å². The number of rotatable bonds is 8. The molecule has 7 heteroatoms. The van der Waals surface area contributed by atoms with E-state index < -0.39 is 0 Å². The number of anilines is 1. The van der Waals surface area contributed by atoms with Crippen molar-refractivity contribution in [2.45, 2.75) is 19.3 Å². The number of nitrogens with zero attached hydrogens (tertiary/aromatic N) is 3. The topological polar surface area (TPSA) is 79.4 Å². The maximum Gasteiger partial charge on any atom is 0.270 e. The van der Waals surface area contributed by atoms with Gasteiger partial charge >= 0.3 is 0 Å². The second-order valence-corrected chi connectivity index (χ2v) is 5.29. The summed E-state index contributed by atoms with van der Waals surface area (Å²) in [5.74, 6) is 0.500. The van der Waals surface area contributed by atoms with Crippen LogP contribution in [0.5, 0.6) is 0 Å². The Bertz CT molecular complexity index is 463. The van der Waals surface area contributed by atoms with Gasteiger partial charge in [-0.2, -0.15) is 0 Å². The molecule has 2 heterocycles. The summed E-state index contributed by atoms with van der Waals surface area (Å²) in [5, 5.41) is 6.03. The molecule has 22 heavy (non-hydrogen) atoms. The lowest BCUT2D eigenvalue weighted by atomic mass is 10.1. The highest BCUT2D eigenvalue weighted by atomic mass is 16.5. The molecule has 1 aliphatic rings. The minimum Gasteiger partial charge on any atom is -0.383 e. The molecular weight excluding hydrogens is 282 g/mol. The van der Waals surface area contributed by atoms with Gasteiger partial charge in [0.2, 0.25) is 5.95 Å². The molecule has 0 spiro atoms. The first-order valence-electron chi connectivity index (χ1n) is 7.87. The maximum absolute atomic E-state index is 12.1. The van der Waals surface area contributed by atoms with E-state index in [1.807, 2.05) is 0 Å². The van der Waals surface area contributed by atoms with Crippen molar-refractivity contribution >= 4 is 11.9 Å². The molecule has 0 aliphatic carbocycles. The molecule has 1 aliphatic heterocycles. The molecule has 0 aromatic carbocycles. The fourth-order valence-electron chi connectivity index (χ4n) is 2.38. The molecule has 2 N–H and O–H groups in total. The Morgan fingerprint density at radius 1 is 1.27 bits per heavy atom. The first kappa shape index (κ1) is 16.6. The molecule has 1 fully saturated rings. The van der Waals surface area contributed by atoms with Gasteiger partial charge < -0.3 is 20.3 Å². The molecule has 122 valence electrons. The van der Waals surface area contributed by atoms with Crippen LogP contribution in [-0.2, 0) is 4.74 Å². The van der Waals surface area contributed by atoms with Crippen LogP contribution in [0.4, 0.5) is 5.95 Å². The lowest BCUT2D eigenvalue weighted by Gasteiger charge is -2.26. The lowest BCUT2D eigenvalue weighted by molar-refractivity contribution is 0.0948. The highest BCUT2D eigenvalue weighted by Gasteiger charge is 2.15. The zero-order valence-corrected chi connectivity index (χ0v) is 13.2. The van der Waals surface area contributed by atoms with E-state index in [2.05, 4.69) is 25.5 Å². The van der Waals surface area contributed by atoms with Gasteiger partial charge in [-0.25, -0.2) is 9.97 Å². The fourth-order valence-corrected chi connectivity index (χ4v) is 2.38. The Hall–Kier alpha value is -1.73. The van der Waals surface area contributed by atoms with Crippen molar-refractivity contribution < 1.29 is 9.53 Å². The van der Waals surface area contributed by atoms with E-state index in [-0.39, 0.29) is 5.91 Å². The minimum absolute atomic E-state index is 0.158. The molecule has 1 amide bonds. The van der Waals surface area contributed by atoms with Crippen LogP contribution in [0.1, 0.15) is 29.8 Å². The number of piperidine rings is 1. The summed E-state index contributed by atoms with van der Waals surface area (Å²) in [4.78, 5) is 22.9. The van der Waals surface area contributed by atoms with E-state index in [0.717, 1.165) is 32.5 Å². The molecule has 0 bridgehead atoms. The van der Waals surface area contributed by atoms with Crippen molar-refractivity contribution in [3.63, 3.8) is 0 Å². The van der Waals surface area contributed by atoms with Crippen LogP contribution in [0.15, 0.2) is 12.3 Å². The predicted molar refractivity (Wildman–Crippen MR) is 85.2 cm³/mol. The van der Waals surface area contributed by atoms with Gasteiger partial charge in [0.25, 0.3) is 5.91 Å². The number of methoxy groups -OCH3 is 1. The van der Waals surface area contributed by atoms with Crippen LogP contribution in [-0.4, -0.2) is 62.3 Å². The van der Waals surface area contributed by atoms with Gasteiger partial charge in [0, 0.05) is 46.0 Å². The van der Waals surface area contributed by atoms with Gasteiger partial charge in [-0.1, -0.05) is 0 Å². The quantitative estimate of drug-likeness (QED) is 0.678. The van der Waals surface area contributed by atoms with Gasteiger partial charge in [-0.15, -0.1) is 0 Å². The third kappa shape index (κ3) is 5.23. The maximum atomic E-state index is 12.1. The van der Waals surface area contributed by atoms with E-state index in [4.69, 9.17) is 4.74 Å². The van der Waals surface area contributed by atoms with Gasteiger partial charge in [0.05, 0.1) is 6.61 Å². The molecule has 1 saturated heterocycles. The average molecular weight is 307 g/mol. The van der Waals surface area contributed by atoms with Crippen LogP contribution in [0, 0.1) is 0 Å². The van der Waals surface area contributed by atoms with Crippen molar-refractivity contribution in [1.29, 1.82) is 0 Å². The number of nitrogens with one attached hydrogen (secondary N) is 2. The molecule has 1 aromatic heterocycles. The largest absolute Gasteiger partial charge is 0.383 e. The number of ether oxygens (including phenoxy) is 1. The van der Waals surface area contributed by atoms with Crippen LogP contribution in [0.25, 0.3) is 0 Å². The number of carbonyl (C=O) groups is 1. The first-order chi connectivity index (χ1) is 10.8. The summed E-state index contributed by atoms with van der Waals surface area (Å²) in [6.07, 6.45) is 5.23. The summed E-state index contributed by atoms with van der Waals surface area (Å²) in [7, 11) is 1.67. The molecule has 0 unspecified atom stereocenters. The monoisotopic (exact) mass is 307 g/mol. The highest BCUT2D eigenvalue weighted by Crippen LogP contribution is 2.15. The Morgan fingerprint density at radius 2 is 2.09 bits per heavy atom. The predicted octanol–water partition coefficient (Wildman–Crippen LogP) is 0.433. The lowest BCUT2D eigenvalue weighted by Crippen LogP contribution is -2.34. The van der Waals surface area contributed by atoms with Crippen molar-refractivity contribution in [1.82, 2.24) is 20.6 Å². The zero-order valence-electron chi connectivity index (χ0n) is 13.2. The van der Waals surface area contributed by atoms with Gasteiger partial charge in [0.15, 0.2) is 0 Å². The first-order valence-corrected chi connectivity index (χ1v) is 7.87. The number of amides is 1.